The van der Waals surface area contributed by atoms with E-state index < -0.39 is 0 Å². The van der Waals surface area contributed by atoms with E-state index in [4.69, 9.17) is 9.47 Å². The summed E-state index contributed by atoms with van der Waals surface area (Å²) in [6.07, 6.45) is 0.239. The third-order valence-electron chi connectivity index (χ3n) is 3.83. The Balaban J connectivity index is 1.31. The van der Waals surface area contributed by atoms with Crippen LogP contribution in [0.5, 0.6) is 11.5 Å². The first kappa shape index (κ1) is 17.8. The maximum absolute atomic E-state index is 12.3. The van der Waals surface area contributed by atoms with Gasteiger partial charge in [-0.25, -0.2) is 0 Å². The molecule has 1 N–H and O–H groups in total. The molecule has 138 valence electrons. The Hall–Kier alpha value is -2.58. The number of hydrogen-bond acceptors (Lipinski definition) is 7. The second kappa shape index (κ2) is 8.41. The fourth-order valence-electron chi connectivity index (χ4n) is 2.58. The van der Waals surface area contributed by atoms with Crippen LogP contribution in [0.1, 0.15) is 11.1 Å². The number of carbonyl (C=O) groups excluding carboxylic acids is 1. The van der Waals surface area contributed by atoms with Gasteiger partial charge >= 0.3 is 0 Å². The minimum Gasteiger partial charge on any atom is -0.486 e. The third-order valence-corrected chi connectivity index (χ3v) is 5.87. The molecule has 3 aromatic rings. The van der Waals surface area contributed by atoms with Crippen LogP contribution >= 0.6 is 23.1 Å². The Bertz CT molecular complexity index is 931. The molecule has 0 spiro atoms. The topological polar surface area (TPSA) is 73.3 Å². The van der Waals surface area contributed by atoms with Gasteiger partial charge in [0, 0.05) is 5.75 Å². The number of aromatic nitrogens is 2. The van der Waals surface area contributed by atoms with Crippen molar-refractivity contribution in [3.63, 3.8) is 0 Å². The average Bonchev–Trinajstić information content (AvgIpc) is 3.14. The van der Waals surface area contributed by atoms with Gasteiger partial charge in [0.2, 0.25) is 11.0 Å². The third kappa shape index (κ3) is 4.78. The standard InChI is InChI=1S/C19H17N3O3S2/c23-17(11-14-6-7-15-16(10-14)25-9-8-24-15)20-18-21-22-19(27-18)26-12-13-4-2-1-3-5-13/h1-7,10H,8-9,11-12H2,(H,20,21,23). The summed E-state index contributed by atoms with van der Waals surface area (Å²) in [7, 11) is 0. The summed E-state index contributed by atoms with van der Waals surface area (Å²) in [5.41, 5.74) is 2.09. The second-order valence-corrected chi connectivity index (χ2v) is 8.05. The van der Waals surface area contributed by atoms with E-state index in [1.165, 1.54) is 16.9 Å². The summed E-state index contributed by atoms with van der Waals surface area (Å²) in [5, 5.41) is 11.5. The highest BCUT2D eigenvalue weighted by atomic mass is 32.2. The molecule has 8 heteroatoms. The van der Waals surface area contributed by atoms with Gasteiger partial charge in [-0.15, -0.1) is 10.2 Å². The number of rotatable bonds is 6. The number of fused-ring (bicyclic) bond motifs is 1. The zero-order valence-electron chi connectivity index (χ0n) is 14.4. The first-order valence-electron chi connectivity index (χ1n) is 8.45. The van der Waals surface area contributed by atoms with Crippen LogP contribution in [0.3, 0.4) is 0 Å². The predicted molar refractivity (Wildman–Crippen MR) is 106 cm³/mol. The zero-order valence-corrected chi connectivity index (χ0v) is 16.0. The molecule has 0 unspecified atom stereocenters. The summed E-state index contributed by atoms with van der Waals surface area (Å²) < 4.78 is 11.9. The number of anilines is 1. The monoisotopic (exact) mass is 399 g/mol. The molecule has 0 atom stereocenters. The van der Waals surface area contributed by atoms with Crippen molar-refractivity contribution in [3.05, 3.63) is 59.7 Å². The van der Waals surface area contributed by atoms with Crippen molar-refractivity contribution in [2.45, 2.75) is 16.5 Å². The number of carbonyl (C=O) groups is 1. The summed E-state index contributed by atoms with van der Waals surface area (Å²) in [5.74, 6) is 2.08. The van der Waals surface area contributed by atoms with Crippen LogP contribution in [-0.2, 0) is 17.0 Å². The van der Waals surface area contributed by atoms with E-state index in [-0.39, 0.29) is 12.3 Å². The average molecular weight is 399 g/mol. The lowest BCUT2D eigenvalue weighted by atomic mass is 10.1. The lowest BCUT2D eigenvalue weighted by Gasteiger charge is -2.18. The van der Waals surface area contributed by atoms with Gasteiger partial charge in [0.15, 0.2) is 15.8 Å². The molecule has 27 heavy (non-hydrogen) atoms. The molecule has 0 radical (unpaired) electrons. The van der Waals surface area contributed by atoms with Crippen LogP contribution in [0.4, 0.5) is 5.13 Å². The molecular weight excluding hydrogens is 382 g/mol. The quantitative estimate of drug-likeness (QED) is 0.502. The Labute approximate surface area is 164 Å². The summed E-state index contributed by atoms with van der Waals surface area (Å²) in [4.78, 5) is 12.3. The normalized spacial score (nSPS) is 12.6. The Morgan fingerprint density at radius 2 is 1.85 bits per heavy atom. The van der Waals surface area contributed by atoms with Crippen molar-refractivity contribution in [2.75, 3.05) is 18.5 Å². The maximum atomic E-state index is 12.3. The van der Waals surface area contributed by atoms with Crippen LogP contribution in [0.15, 0.2) is 52.9 Å². The van der Waals surface area contributed by atoms with E-state index in [0.29, 0.717) is 24.1 Å². The van der Waals surface area contributed by atoms with E-state index in [0.717, 1.165) is 21.4 Å². The molecule has 1 aliphatic heterocycles. The summed E-state index contributed by atoms with van der Waals surface area (Å²) in [6, 6.07) is 15.7. The Morgan fingerprint density at radius 1 is 1.04 bits per heavy atom. The highest BCUT2D eigenvalue weighted by Gasteiger charge is 2.14. The molecule has 0 bridgehead atoms. The molecule has 2 heterocycles. The largest absolute Gasteiger partial charge is 0.486 e. The van der Waals surface area contributed by atoms with Crippen LogP contribution in [0.25, 0.3) is 0 Å². The summed E-state index contributed by atoms with van der Waals surface area (Å²) in [6.45, 7) is 1.07. The number of ether oxygens (including phenoxy) is 2. The van der Waals surface area contributed by atoms with Crippen molar-refractivity contribution >= 4 is 34.1 Å². The predicted octanol–water partition coefficient (Wildman–Crippen LogP) is 3.78. The molecule has 4 rings (SSSR count). The molecule has 1 amide bonds. The van der Waals surface area contributed by atoms with Gasteiger partial charge in [0.25, 0.3) is 0 Å². The minimum absolute atomic E-state index is 0.137. The van der Waals surface area contributed by atoms with Gasteiger partial charge in [-0.05, 0) is 23.3 Å². The first-order chi connectivity index (χ1) is 13.3. The lowest BCUT2D eigenvalue weighted by Crippen LogP contribution is -2.17. The zero-order chi connectivity index (χ0) is 18.5. The SMILES string of the molecule is O=C(Cc1ccc2c(c1)OCCO2)Nc1nnc(SCc2ccccc2)s1. The highest BCUT2D eigenvalue weighted by molar-refractivity contribution is 8.00. The molecule has 2 aromatic carbocycles. The van der Waals surface area contributed by atoms with Crippen LogP contribution < -0.4 is 14.8 Å². The van der Waals surface area contributed by atoms with E-state index in [2.05, 4.69) is 27.6 Å². The van der Waals surface area contributed by atoms with E-state index >= 15 is 0 Å². The first-order valence-corrected chi connectivity index (χ1v) is 10.2. The van der Waals surface area contributed by atoms with Gasteiger partial charge in [-0.1, -0.05) is 59.5 Å². The van der Waals surface area contributed by atoms with Gasteiger partial charge in [-0.2, -0.15) is 0 Å². The van der Waals surface area contributed by atoms with Gasteiger partial charge in [0.1, 0.15) is 13.2 Å². The fraction of sp³-hybridized carbons (Fsp3) is 0.211. The number of nitrogens with one attached hydrogen (secondary N) is 1. The maximum Gasteiger partial charge on any atom is 0.230 e. The molecule has 6 nitrogen and oxygen atoms in total. The number of thioether (sulfide) groups is 1. The summed E-state index contributed by atoms with van der Waals surface area (Å²) >= 11 is 2.98. The van der Waals surface area contributed by atoms with Crippen molar-refractivity contribution in [3.8, 4) is 11.5 Å². The lowest BCUT2D eigenvalue weighted by molar-refractivity contribution is -0.115. The fourth-order valence-corrected chi connectivity index (χ4v) is 4.31. The van der Waals surface area contributed by atoms with Crippen molar-refractivity contribution < 1.29 is 14.3 Å². The number of amides is 1. The molecule has 0 saturated heterocycles. The van der Waals surface area contributed by atoms with E-state index in [9.17, 15) is 4.79 Å². The van der Waals surface area contributed by atoms with Gasteiger partial charge in [-0.3, -0.25) is 4.79 Å². The molecule has 0 fully saturated rings. The molecule has 1 aromatic heterocycles. The number of hydrogen-bond donors (Lipinski definition) is 1. The van der Waals surface area contributed by atoms with Crippen LogP contribution in [-0.4, -0.2) is 29.3 Å². The molecule has 1 aliphatic rings. The van der Waals surface area contributed by atoms with Gasteiger partial charge < -0.3 is 14.8 Å². The van der Waals surface area contributed by atoms with Crippen molar-refractivity contribution in [2.24, 2.45) is 0 Å². The molecule has 0 aliphatic carbocycles. The Morgan fingerprint density at radius 3 is 2.70 bits per heavy atom. The van der Waals surface area contributed by atoms with Gasteiger partial charge in [0.05, 0.1) is 6.42 Å². The number of benzene rings is 2. The minimum atomic E-state index is -0.137. The van der Waals surface area contributed by atoms with E-state index in [1.807, 2.05) is 36.4 Å². The molecule has 0 saturated carbocycles. The highest BCUT2D eigenvalue weighted by Crippen LogP contribution is 2.31. The van der Waals surface area contributed by atoms with E-state index in [1.54, 1.807) is 11.8 Å². The Kier molecular flexibility index (Phi) is 5.55. The number of nitrogens with zero attached hydrogens (tertiary/aromatic N) is 2. The van der Waals surface area contributed by atoms with Crippen molar-refractivity contribution in [1.29, 1.82) is 0 Å². The van der Waals surface area contributed by atoms with Crippen LogP contribution in [0, 0.1) is 0 Å². The van der Waals surface area contributed by atoms with Crippen molar-refractivity contribution in [1.82, 2.24) is 10.2 Å². The second-order valence-electron chi connectivity index (χ2n) is 5.85. The van der Waals surface area contributed by atoms with Crippen LogP contribution in [0.2, 0.25) is 0 Å². The molecular formula is C19H17N3O3S2. The smallest absolute Gasteiger partial charge is 0.230 e.